The lowest BCUT2D eigenvalue weighted by molar-refractivity contribution is -0.122. The lowest BCUT2D eigenvalue weighted by atomic mass is 9.55. The number of anilines is 1. The van der Waals surface area contributed by atoms with E-state index >= 15 is 0 Å². The van der Waals surface area contributed by atoms with Crippen LogP contribution < -0.4 is 14.4 Å². The zero-order valence-electron chi connectivity index (χ0n) is 17.2. The Morgan fingerprint density at radius 1 is 0.677 bits per heavy atom. The van der Waals surface area contributed by atoms with Crippen LogP contribution in [0.1, 0.15) is 34.1 Å². The summed E-state index contributed by atoms with van der Waals surface area (Å²) in [6.45, 7) is 0. The van der Waals surface area contributed by atoms with E-state index in [0.29, 0.717) is 17.2 Å². The number of methoxy groups -OCH3 is 2. The fourth-order valence-electron chi connectivity index (χ4n) is 5.89. The molecule has 5 heteroatoms. The fourth-order valence-corrected chi connectivity index (χ4v) is 5.89. The third kappa shape index (κ3) is 2.26. The molecule has 2 amide bonds. The first-order chi connectivity index (χ1) is 15.2. The molecule has 1 aliphatic heterocycles. The van der Waals surface area contributed by atoms with Crippen LogP contribution in [0.25, 0.3) is 0 Å². The molecule has 4 aliphatic rings. The molecule has 0 spiro atoms. The normalized spacial score (nSPS) is 25.2. The average molecular weight is 411 g/mol. The topological polar surface area (TPSA) is 55.8 Å². The molecule has 0 unspecified atom stereocenters. The van der Waals surface area contributed by atoms with E-state index in [4.69, 9.17) is 9.47 Å². The molecule has 3 aromatic carbocycles. The first-order valence-corrected chi connectivity index (χ1v) is 10.4. The van der Waals surface area contributed by atoms with Crippen molar-refractivity contribution in [2.45, 2.75) is 11.8 Å². The molecular formula is C26H21NO4. The van der Waals surface area contributed by atoms with Gasteiger partial charge in [-0.25, -0.2) is 4.90 Å². The van der Waals surface area contributed by atoms with Crippen molar-refractivity contribution in [2.75, 3.05) is 19.1 Å². The first-order valence-electron chi connectivity index (χ1n) is 10.4. The summed E-state index contributed by atoms with van der Waals surface area (Å²) in [5.41, 5.74) is 5.08. The van der Waals surface area contributed by atoms with Crippen LogP contribution in [0.2, 0.25) is 0 Å². The van der Waals surface area contributed by atoms with Gasteiger partial charge >= 0.3 is 0 Å². The number of amides is 2. The number of ether oxygens (including phenoxy) is 2. The van der Waals surface area contributed by atoms with Crippen molar-refractivity contribution in [3.8, 4) is 11.5 Å². The molecule has 0 saturated carbocycles. The van der Waals surface area contributed by atoms with Crippen molar-refractivity contribution >= 4 is 17.5 Å². The largest absolute Gasteiger partial charge is 0.497 e. The minimum atomic E-state index is -0.418. The van der Waals surface area contributed by atoms with Gasteiger partial charge in [0.15, 0.2) is 0 Å². The van der Waals surface area contributed by atoms with Gasteiger partial charge < -0.3 is 9.47 Å². The number of carbonyl (C=O) groups is 2. The van der Waals surface area contributed by atoms with E-state index in [9.17, 15) is 9.59 Å². The van der Waals surface area contributed by atoms with Crippen molar-refractivity contribution in [3.63, 3.8) is 0 Å². The van der Waals surface area contributed by atoms with E-state index in [-0.39, 0.29) is 23.7 Å². The maximum absolute atomic E-state index is 13.8. The van der Waals surface area contributed by atoms with Crippen LogP contribution in [0, 0.1) is 11.8 Å². The Kier molecular flexibility index (Phi) is 3.78. The van der Waals surface area contributed by atoms with Crippen LogP contribution in [0.3, 0.4) is 0 Å². The molecule has 7 rings (SSSR count). The van der Waals surface area contributed by atoms with Gasteiger partial charge in [0.2, 0.25) is 11.8 Å². The van der Waals surface area contributed by atoms with E-state index in [1.165, 1.54) is 4.90 Å². The minimum absolute atomic E-state index is 0.125. The highest BCUT2D eigenvalue weighted by atomic mass is 16.5. The second kappa shape index (κ2) is 6.45. The van der Waals surface area contributed by atoms with E-state index in [1.54, 1.807) is 32.4 Å². The predicted molar refractivity (Wildman–Crippen MR) is 116 cm³/mol. The van der Waals surface area contributed by atoms with Crippen LogP contribution >= 0.6 is 0 Å². The number of benzene rings is 3. The number of hydrogen-bond acceptors (Lipinski definition) is 4. The fraction of sp³-hybridized carbons (Fsp3) is 0.231. The van der Waals surface area contributed by atoms with Gasteiger partial charge in [-0.1, -0.05) is 48.5 Å². The Labute approximate surface area is 180 Å². The van der Waals surface area contributed by atoms with Crippen molar-refractivity contribution in [2.24, 2.45) is 11.8 Å². The summed E-state index contributed by atoms with van der Waals surface area (Å²) in [6.07, 6.45) is 0. The smallest absolute Gasteiger partial charge is 0.238 e. The second-order valence-electron chi connectivity index (χ2n) is 8.31. The summed E-state index contributed by atoms with van der Waals surface area (Å²) in [4.78, 5) is 29.0. The number of hydrogen-bond donors (Lipinski definition) is 0. The lowest BCUT2D eigenvalue weighted by Gasteiger charge is -2.45. The molecular weight excluding hydrogens is 390 g/mol. The molecule has 5 nitrogen and oxygen atoms in total. The Morgan fingerprint density at radius 3 is 1.58 bits per heavy atom. The Bertz CT molecular complexity index is 1130. The number of carbonyl (C=O) groups excluding carboxylic acids is 2. The Balaban J connectivity index is 1.56. The first kappa shape index (κ1) is 18.2. The highest BCUT2D eigenvalue weighted by molar-refractivity contribution is 6.24. The van der Waals surface area contributed by atoms with Gasteiger partial charge in [0, 0.05) is 17.9 Å². The molecule has 3 aromatic rings. The molecule has 2 bridgehead atoms. The van der Waals surface area contributed by atoms with Crippen LogP contribution in [0.15, 0.2) is 66.7 Å². The quantitative estimate of drug-likeness (QED) is 0.609. The molecule has 3 aliphatic carbocycles. The van der Waals surface area contributed by atoms with Crippen molar-refractivity contribution in [1.29, 1.82) is 0 Å². The predicted octanol–water partition coefficient (Wildman–Crippen LogP) is 4.10. The second-order valence-corrected chi connectivity index (χ2v) is 8.31. The molecule has 0 aromatic heterocycles. The van der Waals surface area contributed by atoms with Crippen molar-refractivity contribution < 1.29 is 19.1 Å². The van der Waals surface area contributed by atoms with Crippen LogP contribution in [0.4, 0.5) is 5.69 Å². The van der Waals surface area contributed by atoms with E-state index in [2.05, 4.69) is 24.3 Å². The van der Waals surface area contributed by atoms with Crippen molar-refractivity contribution in [3.05, 3.63) is 89.0 Å². The zero-order chi connectivity index (χ0) is 21.3. The van der Waals surface area contributed by atoms with Gasteiger partial charge in [-0.15, -0.1) is 0 Å². The summed E-state index contributed by atoms with van der Waals surface area (Å²) in [6, 6.07) is 21.7. The molecule has 0 radical (unpaired) electrons. The molecule has 1 heterocycles. The number of rotatable bonds is 3. The summed E-state index contributed by atoms with van der Waals surface area (Å²) < 4.78 is 10.9. The van der Waals surface area contributed by atoms with Crippen LogP contribution in [0.5, 0.6) is 11.5 Å². The van der Waals surface area contributed by atoms with Gasteiger partial charge in [-0.05, 0) is 34.4 Å². The summed E-state index contributed by atoms with van der Waals surface area (Å²) in [5, 5.41) is 0. The maximum atomic E-state index is 13.8. The summed E-state index contributed by atoms with van der Waals surface area (Å²) in [5.74, 6) is -0.372. The Hall–Kier alpha value is -3.60. The summed E-state index contributed by atoms with van der Waals surface area (Å²) in [7, 11) is 3.10. The monoisotopic (exact) mass is 411 g/mol. The van der Waals surface area contributed by atoms with E-state index in [0.717, 1.165) is 22.3 Å². The van der Waals surface area contributed by atoms with Gasteiger partial charge in [0.25, 0.3) is 0 Å². The zero-order valence-corrected chi connectivity index (χ0v) is 17.2. The standard InChI is InChI=1S/C26H21NO4/c1-30-14-11-12-20(31-2)19(13-14)27-25(28)23-21-15-7-3-4-8-16(15)22(24(23)26(27)29)18-10-6-5-9-17(18)21/h3-13,21-24H,1-2H3/t21?,22?,23-,24-/m0/s1. The van der Waals surface area contributed by atoms with Crippen molar-refractivity contribution in [1.82, 2.24) is 0 Å². The van der Waals surface area contributed by atoms with Gasteiger partial charge in [0.1, 0.15) is 11.5 Å². The highest BCUT2D eigenvalue weighted by Gasteiger charge is 2.62. The van der Waals surface area contributed by atoms with Gasteiger partial charge in [-0.3, -0.25) is 9.59 Å². The van der Waals surface area contributed by atoms with Gasteiger partial charge in [-0.2, -0.15) is 0 Å². The molecule has 154 valence electrons. The molecule has 0 N–H and O–H groups in total. The van der Waals surface area contributed by atoms with Crippen LogP contribution in [-0.4, -0.2) is 26.0 Å². The van der Waals surface area contributed by atoms with E-state index < -0.39 is 11.8 Å². The third-order valence-corrected chi connectivity index (χ3v) is 7.08. The maximum Gasteiger partial charge on any atom is 0.238 e. The summed E-state index contributed by atoms with van der Waals surface area (Å²) >= 11 is 0. The molecule has 1 fully saturated rings. The van der Waals surface area contributed by atoms with Crippen LogP contribution in [-0.2, 0) is 9.59 Å². The lowest BCUT2D eigenvalue weighted by Crippen LogP contribution is -2.41. The number of imide groups is 1. The Morgan fingerprint density at radius 2 is 1.16 bits per heavy atom. The van der Waals surface area contributed by atoms with E-state index in [1.807, 2.05) is 24.3 Å². The average Bonchev–Trinajstić information content (AvgIpc) is 3.09. The van der Waals surface area contributed by atoms with Gasteiger partial charge in [0.05, 0.1) is 31.7 Å². The molecule has 2 atom stereocenters. The minimum Gasteiger partial charge on any atom is -0.497 e. The molecule has 1 saturated heterocycles. The molecule has 31 heavy (non-hydrogen) atoms. The third-order valence-electron chi connectivity index (χ3n) is 7.08. The number of nitrogens with zero attached hydrogens (tertiary/aromatic N) is 1. The highest BCUT2D eigenvalue weighted by Crippen LogP contribution is 2.61. The SMILES string of the molecule is COc1ccc(OC)c(N2C(=O)[C@H]3C4c5ccccc5C(c5ccccc54)[C@@H]3C2=O)c1.